The molecule has 1 nitrogen and oxygen atoms in total. The zero-order chi connectivity index (χ0) is 37.0. The van der Waals surface area contributed by atoms with Gasteiger partial charge in [-0.05, 0) is 126 Å². The molecule has 0 N–H and O–H groups in total. The van der Waals surface area contributed by atoms with Gasteiger partial charge in [0.15, 0.2) is 0 Å². The molecule has 9 rings (SSSR count). The Bertz CT molecular complexity index is 2660. The van der Waals surface area contributed by atoms with E-state index >= 15 is 0 Å². The third-order valence-electron chi connectivity index (χ3n) is 11.4. The first kappa shape index (κ1) is 33.6. The van der Waals surface area contributed by atoms with E-state index in [0.717, 1.165) is 5.69 Å². The minimum atomic E-state index is -0.129. The lowest BCUT2D eigenvalue weighted by Gasteiger charge is -2.33. The number of hydrogen-bond donors (Lipinski definition) is 0. The summed E-state index contributed by atoms with van der Waals surface area (Å²) in [5.74, 6) is 0. The van der Waals surface area contributed by atoms with Crippen LogP contribution in [0.3, 0.4) is 0 Å². The van der Waals surface area contributed by atoms with Gasteiger partial charge < -0.3 is 4.90 Å². The predicted molar refractivity (Wildman–Crippen MR) is 231 cm³/mol. The average molecular weight is 696 g/mol. The van der Waals surface area contributed by atoms with Gasteiger partial charge in [0, 0.05) is 22.5 Å². The van der Waals surface area contributed by atoms with Crippen LogP contribution in [0.4, 0.5) is 17.1 Å². The van der Waals surface area contributed by atoms with Crippen molar-refractivity contribution < 1.29 is 0 Å². The van der Waals surface area contributed by atoms with Crippen molar-refractivity contribution in [3.63, 3.8) is 0 Å². The first-order valence-corrected chi connectivity index (χ1v) is 19.1. The highest BCUT2D eigenvalue weighted by Gasteiger charge is 2.36. The molecule has 8 aromatic carbocycles. The molecule has 0 atom stereocenters. The molecule has 0 aliphatic heterocycles. The van der Waals surface area contributed by atoms with E-state index in [1.165, 1.54) is 83.3 Å². The Morgan fingerprint density at radius 3 is 1.70 bits per heavy atom. The lowest BCUT2D eigenvalue weighted by atomic mass is 9.82. The molecule has 0 spiro atoms. The summed E-state index contributed by atoms with van der Waals surface area (Å²) in [5.41, 5.74) is 17.3. The number of nitrogens with zero attached hydrogens (tertiary/aromatic N) is 1. The number of fused-ring (bicyclic) bond motifs is 4. The summed E-state index contributed by atoms with van der Waals surface area (Å²) in [6, 6.07) is 67.1. The molecule has 1 heteroatoms. The van der Waals surface area contributed by atoms with Crippen molar-refractivity contribution in [2.45, 2.75) is 45.4 Å². The smallest absolute Gasteiger partial charge is 0.0499 e. The molecule has 54 heavy (non-hydrogen) atoms. The van der Waals surface area contributed by atoms with Crippen LogP contribution in [0.25, 0.3) is 55.3 Å². The van der Waals surface area contributed by atoms with Crippen LogP contribution in [0.5, 0.6) is 0 Å². The first-order valence-electron chi connectivity index (χ1n) is 19.1. The van der Waals surface area contributed by atoms with E-state index < -0.39 is 0 Å². The molecule has 0 fully saturated rings. The van der Waals surface area contributed by atoms with Crippen molar-refractivity contribution in [3.05, 3.63) is 199 Å². The predicted octanol–water partition coefficient (Wildman–Crippen LogP) is 14.9. The molecular formula is C53H45N. The van der Waals surface area contributed by atoms with Gasteiger partial charge in [0.05, 0.1) is 0 Å². The van der Waals surface area contributed by atoms with E-state index in [1.807, 2.05) is 0 Å². The van der Waals surface area contributed by atoms with Crippen LogP contribution in [-0.4, -0.2) is 0 Å². The van der Waals surface area contributed by atoms with E-state index in [0.29, 0.717) is 0 Å². The second-order valence-electron chi connectivity index (χ2n) is 16.3. The van der Waals surface area contributed by atoms with Crippen molar-refractivity contribution in [2.75, 3.05) is 4.90 Å². The fourth-order valence-electron chi connectivity index (χ4n) is 8.45. The van der Waals surface area contributed by atoms with E-state index in [4.69, 9.17) is 0 Å². The standard InChI is InChI=1S/C53H45N/c1-52(2,3)50-34-43(41-19-13-18-40(33-41)42-23-22-37-16-9-10-17-39(37)32-42)26-31-51(50)54(44-27-24-38(25-28-44)36-14-7-6-8-15-36)45-29-30-47-46-20-11-12-21-48(46)53(4,5)49(47)35-45/h6-35H,1-5H3. The first-order chi connectivity index (χ1) is 26.1. The van der Waals surface area contributed by atoms with E-state index in [-0.39, 0.29) is 10.8 Å². The summed E-state index contributed by atoms with van der Waals surface area (Å²) in [6.45, 7) is 11.7. The van der Waals surface area contributed by atoms with E-state index in [9.17, 15) is 0 Å². The molecule has 0 saturated heterocycles. The van der Waals surface area contributed by atoms with Crippen LogP contribution in [0.2, 0.25) is 0 Å². The molecule has 1 aliphatic carbocycles. The van der Waals surface area contributed by atoms with Gasteiger partial charge in [0.1, 0.15) is 0 Å². The zero-order valence-electron chi connectivity index (χ0n) is 31.8. The van der Waals surface area contributed by atoms with Gasteiger partial charge in [-0.1, -0.05) is 168 Å². The Hall–Kier alpha value is -6.18. The monoisotopic (exact) mass is 695 g/mol. The van der Waals surface area contributed by atoms with Gasteiger partial charge in [0.25, 0.3) is 0 Å². The highest BCUT2D eigenvalue weighted by atomic mass is 15.1. The van der Waals surface area contributed by atoms with E-state index in [2.05, 4.69) is 222 Å². The van der Waals surface area contributed by atoms with Crippen LogP contribution < -0.4 is 4.90 Å². The second-order valence-corrected chi connectivity index (χ2v) is 16.3. The van der Waals surface area contributed by atoms with Gasteiger partial charge in [-0.25, -0.2) is 0 Å². The Morgan fingerprint density at radius 1 is 0.389 bits per heavy atom. The highest BCUT2D eigenvalue weighted by Crippen LogP contribution is 2.51. The van der Waals surface area contributed by atoms with Gasteiger partial charge in [0.2, 0.25) is 0 Å². The van der Waals surface area contributed by atoms with Crippen molar-refractivity contribution in [1.82, 2.24) is 0 Å². The quantitative estimate of drug-likeness (QED) is 0.167. The summed E-state index contributed by atoms with van der Waals surface area (Å²) in [4.78, 5) is 2.48. The van der Waals surface area contributed by atoms with Gasteiger partial charge in [-0.2, -0.15) is 0 Å². The van der Waals surface area contributed by atoms with Gasteiger partial charge >= 0.3 is 0 Å². The Kier molecular flexibility index (Phi) is 8.12. The number of hydrogen-bond acceptors (Lipinski definition) is 1. The van der Waals surface area contributed by atoms with E-state index in [1.54, 1.807) is 0 Å². The van der Waals surface area contributed by atoms with Crippen LogP contribution in [0.1, 0.15) is 51.3 Å². The third-order valence-corrected chi connectivity index (χ3v) is 11.4. The summed E-state index contributed by atoms with van der Waals surface area (Å²) in [5, 5.41) is 2.52. The normalized spacial score (nSPS) is 13.1. The number of benzene rings is 8. The molecule has 0 amide bonds. The SMILES string of the molecule is CC(C)(C)c1cc(-c2cccc(-c3ccc4ccccc4c3)c2)ccc1N(c1ccc(-c2ccccc2)cc1)c1ccc2c(c1)C(C)(C)c1ccccc1-2. The lowest BCUT2D eigenvalue weighted by Crippen LogP contribution is -2.20. The Morgan fingerprint density at radius 2 is 0.944 bits per heavy atom. The van der Waals surface area contributed by atoms with Crippen LogP contribution in [0.15, 0.2) is 182 Å². The van der Waals surface area contributed by atoms with Crippen molar-refractivity contribution >= 4 is 27.8 Å². The molecule has 0 heterocycles. The lowest BCUT2D eigenvalue weighted by molar-refractivity contribution is 0.591. The molecular weight excluding hydrogens is 651 g/mol. The zero-order valence-corrected chi connectivity index (χ0v) is 31.8. The Labute approximate surface area is 320 Å². The molecule has 0 radical (unpaired) electrons. The van der Waals surface area contributed by atoms with Crippen LogP contribution in [0, 0.1) is 0 Å². The summed E-state index contributed by atoms with van der Waals surface area (Å²) >= 11 is 0. The maximum absolute atomic E-state index is 2.48. The van der Waals surface area contributed by atoms with Crippen molar-refractivity contribution in [1.29, 1.82) is 0 Å². The molecule has 0 saturated carbocycles. The third kappa shape index (κ3) is 5.91. The maximum Gasteiger partial charge on any atom is 0.0499 e. The maximum atomic E-state index is 2.48. The molecule has 262 valence electrons. The number of rotatable bonds is 6. The molecule has 0 bridgehead atoms. The number of anilines is 3. The van der Waals surface area contributed by atoms with Gasteiger partial charge in [-0.15, -0.1) is 0 Å². The second kappa shape index (κ2) is 13.0. The van der Waals surface area contributed by atoms with Gasteiger partial charge in [-0.3, -0.25) is 0 Å². The summed E-state index contributed by atoms with van der Waals surface area (Å²) in [6.07, 6.45) is 0. The fourth-order valence-corrected chi connectivity index (χ4v) is 8.45. The average Bonchev–Trinajstić information content (AvgIpc) is 3.43. The van der Waals surface area contributed by atoms with Crippen molar-refractivity contribution in [2.24, 2.45) is 0 Å². The minimum absolute atomic E-state index is 0.0997. The summed E-state index contributed by atoms with van der Waals surface area (Å²) < 4.78 is 0. The summed E-state index contributed by atoms with van der Waals surface area (Å²) in [7, 11) is 0. The minimum Gasteiger partial charge on any atom is -0.310 e. The topological polar surface area (TPSA) is 3.24 Å². The highest BCUT2D eigenvalue weighted by molar-refractivity contribution is 5.90. The largest absolute Gasteiger partial charge is 0.310 e. The molecule has 0 aromatic heterocycles. The molecule has 1 aliphatic rings. The Balaban J connectivity index is 1.18. The molecule has 8 aromatic rings. The van der Waals surface area contributed by atoms with Crippen LogP contribution >= 0.6 is 0 Å². The fraction of sp³-hybridized carbons (Fsp3) is 0.132. The molecule has 0 unspecified atom stereocenters. The van der Waals surface area contributed by atoms with Crippen LogP contribution in [-0.2, 0) is 10.8 Å². The van der Waals surface area contributed by atoms with Crippen molar-refractivity contribution in [3.8, 4) is 44.5 Å².